The second-order valence-electron chi connectivity index (χ2n) is 6.15. The van der Waals surface area contributed by atoms with Gasteiger partial charge in [0.2, 0.25) is 5.16 Å². The van der Waals surface area contributed by atoms with Gasteiger partial charge in [-0.3, -0.25) is 18.6 Å². The smallest absolute Gasteiger partial charge is 0.266 e. The summed E-state index contributed by atoms with van der Waals surface area (Å²) in [7, 11) is -1.53. The molecule has 0 radical (unpaired) electrons. The van der Waals surface area contributed by atoms with E-state index in [1.54, 1.807) is 12.3 Å². The Bertz CT molecular complexity index is 1190. The molecule has 2 aromatic heterocycles. The van der Waals surface area contributed by atoms with Gasteiger partial charge in [0.25, 0.3) is 5.56 Å². The van der Waals surface area contributed by atoms with E-state index >= 15 is 0 Å². The number of para-hydroxylation sites is 2. The summed E-state index contributed by atoms with van der Waals surface area (Å²) in [4.78, 5) is 22.1. The molecule has 5 nitrogen and oxygen atoms in total. The average molecular weight is 375 g/mol. The zero-order chi connectivity index (χ0) is 18.8. The predicted molar refractivity (Wildman–Crippen MR) is 106 cm³/mol. The van der Waals surface area contributed by atoms with E-state index in [-0.39, 0.29) is 16.5 Å². The van der Waals surface area contributed by atoms with Crippen molar-refractivity contribution >= 4 is 21.7 Å². The maximum atomic E-state index is 13.2. The minimum atomic E-state index is -1.53. The van der Waals surface area contributed by atoms with Gasteiger partial charge in [0, 0.05) is 6.20 Å². The number of aryl methyl sites for hydroxylation is 1. The Hall–Kier alpha value is -3.12. The lowest BCUT2D eigenvalue weighted by Crippen LogP contribution is -2.25. The van der Waals surface area contributed by atoms with Gasteiger partial charge in [0.1, 0.15) is 0 Å². The van der Waals surface area contributed by atoms with Crippen LogP contribution in [0.15, 0.2) is 82.9 Å². The Morgan fingerprint density at radius 2 is 1.74 bits per heavy atom. The molecule has 2 aromatic carbocycles. The van der Waals surface area contributed by atoms with E-state index in [2.05, 4.69) is 9.97 Å². The average Bonchev–Trinajstić information content (AvgIpc) is 2.70. The van der Waals surface area contributed by atoms with Crippen LogP contribution in [0.5, 0.6) is 0 Å². The molecule has 4 aromatic rings. The van der Waals surface area contributed by atoms with Crippen LogP contribution in [0.4, 0.5) is 0 Å². The van der Waals surface area contributed by atoms with Crippen molar-refractivity contribution in [3.05, 3.63) is 94.5 Å². The molecule has 134 valence electrons. The van der Waals surface area contributed by atoms with Crippen LogP contribution in [0.3, 0.4) is 0 Å². The summed E-state index contributed by atoms with van der Waals surface area (Å²) in [5.41, 5.74) is 2.57. The van der Waals surface area contributed by atoms with Crippen LogP contribution < -0.4 is 5.56 Å². The molecule has 0 amide bonds. The van der Waals surface area contributed by atoms with E-state index in [4.69, 9.17) is 0 Å². The maximum Gasteiger partial charge on any atom is 0.266 e. The quantitative estimate of drug-likeness (QED) is 0.513. The number of nitrogens with zero attached hydrogens (tertiary/aromatic N) is 3. The Labute approximate surface area is 158 Å². The maximum absolute atomic E-state index is 13.2. The topological polar surface area (TPSA) is 64.8 Å². The molecule has 1 unspecified atom stereocenters. The van der Waals surface area contributed by atoms with Gasteiger partial charge in [0.15, 0.2) is 0 Å². The van der Waals surface area contributed by atoms with Gasteiger partial charge in [-0.2, -0.15) is 0 Å². The van der Waals surface area contributed by atoms with Crippen molar-refractivity contribution in [3.8, 4) is 5.69 Å². The largest absolute Gasteiger partial charge is 0.268 e. The van der Waals surface area contributed by atoms with Gasteiger partial charge in [-0.25, -0.2) is 4.98 Å². The molecule has 27 heavy (non-hydrogen) atoms. The first kappa shape index (κ1) is 17.3. The standard InChI is InChI=1S/C21H17N3O2S/c1-15-8-7-12-18-19(15)23-21(27(26)14-16-9-5-6-13-22-16)24(20(18)25)17-10-3-2-4-11-17/h2-13H,14H2,1H3. The van der Waals surface area contributed by atoms with E-state index in [0.29, 0.717) is 22.3 Å². The van der Waals surface area contributed by atoms with Crippen LogP contribution in [0, 0.1) is 6.92 Å². The highest BCUT2D eigenvalue weighted by atomic mass is 32.2. The van der Waals surface area contributed by atoms with E-state index in [1.807, 2.05) is 67.6 Å². The van der Waals surface area contributed by atoms with Crippen molar-refractivity contribution < 1.29 is 4.21 Å². The molecule has 2 heterocycles. The highest BCUT2D eigenvalue weighted by molar-refractivity contribution is 7.84. The first-order valence-electron chi connectivity index (χ1n) is 8.51. The normalized spacial score (nSPS) is 12.2. The third-order valence-electron chi connectivity index (χ3n) is 4.29. The van der Waals surface area contributed by atoms with E-state index in [9.17, 15) is 9.00 Å². The minimum Gasteiger partial charge on any atom is -0.268 e. The van der Waals surface area contributed by atoms with Crippen molar-refractivity contribution in [2.75, 3.05) is 0 Å². The van der Waals surface area contributed by atoms with Gasteiger partial charge >= 0.3 is 0 Å². The molecular formula is C21H17N3O2S. The van der Waals surface area contributed by atoms with E-state index < -0.39 is 10.8 Å². The molecular weight excluding hydrogens is 358 g/mol. The van der Waals surface area contributed by atoms with Crippen LogP contribution in [0.1, 0.15) is 11.3 Å². The number of rotatable bonds is 4. The molecule has 6 heteroatoms. The van der Waals surface area contributed by atoms with Crippen molar-refractivity contribution in [1.29, 1.82) is 0 Å². The molecule has 0 aliphatic heterocycles. The van der Waals surface area contributed by atoms with Crippen LogP contribution in [0.25, 0.3) is 16.6 Å². The third-order valence-corrected chi connectivity index (χ3v) is 5.53. The minimum absolute atomic E-state index is 0.192. The Morgan fingerprint density at radius 1 is 0.963 bits per heavy atom. The Kier molecular flexibility index (Phi) is 4.64. The molecule has 0 aliphatic rings. The second kappa shape index (κ2) is 7.25. The molecule has 0 spiro atoms. The number of fused-ring (bicyclic) bond motifs is 1. The lowest BCUT2D eigenvalue weighted by atomic mass is 10.1. The number of pyridine rings is 1. The van der Waals surface area contributed by atoms with Crippen molar-refractivity contribution in [2.45, 2.75) is 17.8 Å². The molecule has 0 saturated carbocycles. The lowest BCUT2D eigenvalue weighted by molar-refractivity contribution is 0.666. The van der Waals surface area contributed by atoms with E-state index in [1.165, 1.54) is 4.57 Å². The highest BCUT2D eigenvalue weighted by Gasteiger charge is 2.19. The fraction of sp³-hybridized carbons (Fsp3) is 0.0952. The van der Waals surface area contributed by atoms with Crippen molar-refractivity contribution in [2.24, 2.45) is 0 Å². The zero-order valence-electron chi connectivity index (χ0n) is 14.7. The summed E-state index contributed by atoms with van der Waals surface area (Å²) in [6, 6.07) is 20.1. The predicted octanol–water partition coefficient (Wildman–Crippen LogP) is 3.40. The molecule has 0 fully saturated rings. The van der Waals surface area contributed by atoms with Crippen molar-refractivity contribution in [3.63, 3.8) is 0 Å². The molecule has 0 aliphatic carbocycles. The first-order chi connectivity index (χ1) is 13.1. The molecule has 0 saturated heterocycles. The number of hydrogen-bond acceptors (Lipinski definition) is 4. The zero-order valence-corrected chi connectivity index (χ0v) is 15.5. The lowest BCUT2D eigenvalue weighted by Gasteiger charge is -2.14. The summed E-state index contributed by atoms with van der Waals surface area (Å²) in [5, 5.41) is 0.746. The molecule has 4 rings (SSSR count). The first-order valence-corrected chi connectivity index (χ1v) is 9.83. The summed E-state index contributed by atoms with van der Waals surface area (Å²) < 4.78 is 14.6. The number of hydrogen-bond donors (Lipinski definition) is 0. The van der Waals surface area contributed by atoms with Crippen LogP contribution in [-0.2, 0) is 16.6 Å². The van der Waals surface area contributed by atoms with Crippen molar-refractivity contribution in [1.82, 2.24) is 14.5 Å². The van der Waals surface area contributed by atoms with Crippen LogP contribution >= 0.6 is 0 Å². The number of aromatic nitrogens is 3. The SMILES string of the molecule is Cc1cccc2c(=O)n(-c3ccccc3)c(S(=O)Cc3ccccn3)nc12. The second-order valence-corrected chi connectivity index (χ2v) is 7.50. The monoisotopic (exact) mass is 375 g/mol. The van der Waals surface area contributed by atoms with E-state index in [0.717, 1.165) is 5.56 Å². The van der Waals surface area contributed by atoms with Crippen LogP contribution in [-0.4, -0.2) is 18.7 Å². The highest BCUT2D eigenvalue weighted by Crippen LogP contribution is 2.19. The molecule has 1 atom stereocenters. The van der Waals surface area contributed by atoms with Gasteiger partial charge in [-0.05, 0) is 42.8 Å². The summed E-state index contributed by atoms with van der Waals surface area (Å²) in [6.45, 7) is 1.90. The van der Waals surface area contributed by atoms with Crippen LogP contribution in [0.2, 0.25) is 0 Å². The van der Waals surface area contributed by atoms with Gasteiger partial charge in [0.05, 0.1) is 38.8 Å². The van der Waals surface area contributed by atoms with Gasteiger partial charge < -0.3 is 0 Å². The Balaban J connectivity index is 1.96. The molecule has 0 N–H and O–H groups in total. The summed E-state index contributed by atoms with van der Waals surface area (Å²) in [6.07, 6.45) is 1.66. The fourth-order valence-corrected chi connectivity index (χ4v) is 4.13. The fourth-order valence-electron chi connectivity index (χ4n) is 2.97. The van der Waals surface area contributed by atoms with Gasteiger partial charge in [-0.15, -0.1) is 0 Å². The number of benzene rings is 2. The summed E-state index contributed by atoms with van der Waals surface area (Å²) >= 11 is 0. The van der Waals surface area contributed by atoms with Gasteiger partial charge in [-0.1, -0.05) is 36.4 Å². The third kappa shape index (κ3) is 3.31. The molecule has 0 bridgehead atoms. The summed E-state index contributed by atoms with van der Waals surface area (Å²) in [5.74, 6) is 0.192. The Morgan fingerprint density at radius 3 is 2.48 bits per heavy atom.